The fourth-order valence-corrected chi connectivity index (χ4v) is 2.89. The molecule has 0 fully saturated rings. The van der Waals surface area contributed by atoms with Crippen molar-refractivity contribution < 1.29 is 9.53 Å². The van der Waals surface area contributed by atoms with Crippen LogP contribution in [0.5, 0.6) is 11.5 Å². The summed E-state index contributed by atoms with van der Waals surface area (Å²) in [6.07, 6.45) is 1.38. The Morgan fingerprint density at radius 2 is 1.46 bits per heavy atom. The number of anilines is 1. The van der Waals surface area contributed by atoms with Gasteiger partial charge in [0.25, 0.3) is 0 Å². The first-order chi connectivity index (χ1) is 11.8. The molecule has 0 aromatic heterocycles. The molecule has 0 spiro atoms. The van der Waals surface area contributed by atoms with Gasteiger partial charge in [-0.3, -0.25) is 4.79 Å². The van der Waals surface area contributed by atoms with Gasteiger partial charge in [0.1, 0.15) is 11.5 Å². The van der Waals surface area contributed by atoms with E-state index < -0.39 is 0 Å². The molecule has 0 saturated heterocycles. The topological polar surface area (TPSA) is 38.3 Å². The van der Waals surface area contributed by atoms with Crippen molar-refractivity contribution in [2.24, 2.45) is 0 Å². The maximum absolute atomic E-state index is 11.6. The molecule has 0 saturated carbocycles. The fraction of sp³-hybridized carbons (Fsp3) is 0.0952. The third-order valence-corrected chi connectivity index (χ3v) is 4.17. The van der Waals surface area contributed by atoms with E-state index in [0.717, 1.165) is 34.7 Å². The van der Waals surface area contributed by atoms with E-state index >= 15 is 0 Å². The quantitative estimate of drug-likeness (QED) is 0.736. The Bertz CT molecular complexity index is 870. The van der Waals surface area contributed by atoms with Gasteiger partial charge < -0.3 is 10.1 Å². The number of nitrogens with one attached hydrogen (secondary N) is 1. The van der Waals surface area contributed by atoms with Crippen molar-refractivity contribution in [1.29, 1.82) is 0 Å². The third-order valence-electron chi connectivity index (χ3n) is 4.17. The molecule has 1 aliphatic heterocycles. The monoisotopic (exact) mass is 315 g/mol. The second kappa shape index (κ2) is 6.20. The molecule has 1 N–H and O–H groups in total. The van der Waals surface area contributed by atoms with Gasteiger partial charge in [0.05, 0.1) is 0 Å². The van der Waals surface area contributed by atoms with Crippen LogP contribution >= 0.6 is 0 Å². The lowest BCUT2D eigenvalue weighted by Gasteiger charge is -2.17. The number of fused-ring (bicyclic) bond motifs is 1. The highest BCUT2D eigenvalue weighted by Crippen LogP contribution is 2.30. The number of carbonyl (C=O) groups is 1. The molecular formula is C21H17NO2. The Balaban J connectivity index is 1.57. The Hall–Kier alpha value is -3.07. The Kier molecular flexibility index (Phi) is 3.75. The normalized spacial score (nSPS) is 13.1. The maximum Gasteiger partial charge on any atom is 0.224 e. The van der Waals surface area contributed by atoms with Gasteiger partial charge in [-0.1, -0.05) is 42.5 Å². The summed E-state index contributed by atoms with van der Waals surface area (Å²) in [5.74, 6) is 1.71. The minimum Gasteiger partial charge on any atom is -0.457 e. The zero-order valence-corrected chi connectivity index (χ0v) is 13.2. The van der Waals surface area contributed by atoms with Crippen molar-refractivity contribution in [3.8, 4) is 22.6 Å². The van der Waals surface area contributed by atoms with Crippen molar-refractivity contribution >= 4 is 11.6 Å². The fourth-order valence-electron chi connectivity index (χ4n) is 2.89. The first-order valence-electron chi connectivity index (χ1n) is 8.04. The van der Waals surface area contributed by atoms with Crippen LogP contribution in [0.4, 0.5) is 5.69 Å². The maximum atomic E-state index is 11.6. The van der Waals surface area contributed by atoms with Gasteiger partial charge in [0.15, 0.2) is 0 Å². The standard InChI is InChI=1S/C21H17NO2/c23-21-13-10-16-6-7-17(14-20(16)22-21)15-8-11-19(12-9-15)24-18-4-2-1-3-5-18/h1-9,11-12,14H,10,13H2,(H,22,23). The number of ether oxygens (including phenoxy) is 1. The molecule has 1 amide bonds. The van der Waals surface area contributed by atoms with Crippen molar-refractivity contribution in [2.45, 2.75) is 12.8 Å². The van der Waals surface area contributed by atoms with Gasteiger partial charge in [-0.2, -0.15) is 0 Å². The number of carbonyl (C=O) groups excluding carboxylic acids is 1. The Labute approximate surface area is 140 Å². The Morgan fingerprint density at radius 3 is 2.25 bits per heavy atom. The average molecular weight is 315 g/mol. The van der Waals surface area contributed by atoms with Crippen molar-refractivity contribution in [3.63, 3.8) is 0 Å². The van der Waals surface area contributed by atoms with Crippen molar-refractivity contribution in [1.82, 2.24) is 0 Å². The van der Waals surface area contributed by atoms with Crippen molar-refractivity contribution in [3.05, 3.63) is 78.4 Å². The lowest BCUT2D eigenvalue weighted by atomic mass is 9.97. The van der Waals surface area contributed by atoms with E-state index in [2.05, 4.69) is 17.4 Å². The lowest BCUT2D eigenvalue weighted by molar-refractivity contribution is -0.116. The van der Waals surface area contributed by atoms with E-state index in [9.17, 15) is 4.79 Å². The van der Waals surface area contributed by atoms with Gasteiger partial charge in [-0.15, -0.1) is 0 Å². The molecule has 4 rings (SSSR count). The summed E-state index contributed by atoms with van der Waals surface area (Å²) in [5, 5.41) is 2.95. The number of amides is 1. The first-order valence-corrected chi connectivity index (χ1v) is 8.04. The van der Waals surface area contributed by atoms with E-state index in [1.807, 2.05) is 60.7 Å². The molecule has 118 valence electrons. The van der Waals surface area contributed by atoms with E-state index in [-0.39, 0.29) is 5.91 Å². The first kappa shape index (κ1) is 14.5. The predicted molar refractivity (Wildman–Crippen MR) is 95.3 cm³/mol. The summed E-state index contributed by atoms with van der Waals surface area (Å²) < 4.78 is 5.82. The highest BCUT2D eigenvalue weighted by Gasteiger charge is 2.15. The van der Waals surface area contributed by atoms with Crippen LogP contribution < -0.4 is 10.1 Å². The molecule has 0 atom stereocenters. The van der Waals surface area contributed by atoms with Crippen LogP contribution in [0.25, 0.3) is 11.1 Å². The Morgan fingerprint density at radius 1 is 0.750 bits per heavy atom. The number of benzene rings is 3. The van der Waals surface area contributed by atoms with E-state index in [1.54, 1.807) is 0 Å². The summed E-state index contributed by atoms with van der Waals surface area (Å²) >= 11 is 0. The molecule has 1 heterocycles. The zero-order valence-electron chi connectivity index (χ0n) is 13.2. The van der Waals surface area contributed by atoms with Crippen LogP contribution in [0.3, 0.4) is 0 Å². The summed E-state index contributed by atoms with van der Waals surface area (Å²) in [5.41, 5.74) is 4.30. The molecule has 0 bridgehead atoms. The lowest BCUT2D eigenvalue weighted by Crippen LogP contribution is -2.18. The molecule has 1 aliphatic rings. The van der Waals surface area contributed by atoms with Gasteiger partial charge in [-0.25, -0.2) is 0 Å². The SMILES string of the molecule is O=C1CCc2ccc(-c3ccc(Oc4ccccc4)cc3)cc2N1. The minimum atomic E-state index is 0.0891. The van der Waals surface area contributed by atoms with E-state index in [4.69, 9.17) is 4.74 Å². The third kappa shape index (κ3) is 3.01. The van der Waals surface area contributed by atoms with Crippen LogP contribution in [0.1, 0.15) is 12.0 Å². The molecule has 3 aromatic rings. The molecule has 3 aromatic carbocycles. The number of aryl methyl sites for hydroxylation is 1. The van der Waals surface area contributed by atoms with Gasteiger partial charge in [-0.05, 0) is 53.4 Å². The largest absolute Gasteiger partial charge is 0.457 e. The summed E-state index contributed by atoms with van der Waals surface area (Å²) in [6, 6.07) is 23.9. The van der Waals surface area contributed by atoms with Crippen LogP contribution in [0.2, 0.25) is 0 Å². The van der Waals surface area contributed by atoms with Crippen LogP contribution in [0, 0.1) is 0 Å². The highest BCUT2D eigenvalue weighted by molar-refractivity contribution is 5.94. The minimum absolute atomic E-state index is 0.0891. The molecule has 3 nitrogen and oxygen atoms in total. The average Bonchev–Trinajstić information content (AvgIpc) is 2.62. The number of hydrogen-bond acceptors (Lipinski definition) is 2. The van der Waals surface area contributed by atoms with Gasteiger partial charge in [0.2, 0.25) is 5.91 Å². The predicted octanol–water partition coefficient (Wildman–Crippen LogP) is 5.03. The molecule has 0 radical (unpaired) electrons. The zero-order chi connectivity index (χ0) is 16.4. The highest BCUT2D eigenvalue weighted by atomic mass is 16.5. The van der Waals surface area contributed by atoms with E-state index in [0.29, 0.717) is 6.42 Å². The summed E-state index contributed by atoms with van der Waals surface area (Å²) in [7, 11) is 0. The molecular weight excluding hydrogens is 298 g/mol. The summed E-state index contributed by atoms with van der Waals surface area (Å²) in [4.78, 5) is 11.6. The van der Waals surface area contributed by atoms with Crippen LogP contribution in [-0.4, -0.2) is 5.91 Å². The number of para-hydroxylation sites is 1. The molecule has 0 aliphatic carbocycles. The second-order valence-electron chi connectivity index (χ2n) is 5.86. The van der Waals surface area contributed by atoms with Crippen LogP contribution in [0.15, 0.2) is 72.8 Å². The van der Waals surface area contributed by atoms with E-state index in [1.165, 1.54) is 5.56 Å². The van der Waals surface area contributed by atoms with Gasteiger partial charge >= 0.3 is 0 Å². The molecule has 3 heteroatoms. The second-order valence-corrected chi connectivity index (χ2v) is 5.86. The van der Waals surface area contributed by atoms with Gasteiger partial charge in [0, 0.05) is 12.1 Å². The van der Waals surface area contributed by atoms with Crippen LogP contribution in [-0.2, 0) is 11.2 Å². The number of hydrogen-bond donors (Lipinski definition) is 1. The molecule has 24 heavy (non-hydrogen) atoms. The molecule has 0 unspecified atom stereocenters. The number of rotatable bonds is 3. The van der Waals surface area contributed by atoms with Crippen molar-refractivity contribution in [2.75, 3.05) is 5.32 Å². The summed E-state index contributed by atoms with van der Waals surface area (Å²) in [6.45, 7) is 0. The smallest absolute Gasteiger partial charge is 0.224 e.